The number of halogens is 3. The van der Waals surface area contributed by atoms with Crippen LogP contribution in [0.5, 0.6) is 0 Å². The van der Waals surface area contributed by atoms with Crippen LogP contribution in [0, 0.1) is 0 Å². The lowest BCUT2D eigenvalue weighted by atomic mass is 10.2. The SMILES string of the molecule is CC1(C)C(=O)N(CCNCC(F)(F)F)S1(=O)=O. The Morgan fingerprint density at radius 3 is 2.29 bits per heavy atom. The first-order chi connectivity index (χ1) is 7.50. The monoisotopic (exact) mass is 274 g/mol. The standard InChI is InChI=1S/C8H13F3N2O3S/c1-7(2)6(14)13(17(7,15)16)4-3-12-5-8(9,10)11/h12H,3-5H2,1-2H3. The van der Waals surface area contributed by atoms with Gasteiger partial charge in [0.25, 0.3) is 15.9 Å². The predicted octanol–water partition coefficient (Wildman–Crippen LogP) is 0.0889. The maximum atomic E-state index is 11.8. The number of hydrogen-bond donors (Lipinski definition) is 1. The minimum atomic E-state index is -4.35. The number of nitrogens with zero attached hydrogens (tertiary/aromatic N) is 1. The Morgan fingerprint density at radius 1 is 1.35 bits per heavy atom. The van der Waals surface area contributed by atoms with Crippen molar-refractivity contribution in [2.75, 3.05) is 19.6 Å². The second-order valence-electron chi connectivity index (χ2n) is 4.18. The zero-order chi connectivity index (χ0) is 13.5. The molecule has 0 aromatic rings. The second kappa shape index (κ2) is 4.13. The number of alkyl halides is 3. The first-order valence-electron chi connectivity index (χ1n) is 4.84. The van der Waals surface area contributed by atoms with Crippen molar-refractivity contribution < 1.29 is 26.4 Å². The van der Waals surface area contributed by atoms with E-state index in [0.717, 1.165) is 0 Å². The summed E-state index contributed by atoms with van der Waals surface area (Å²) in [4.78, 5) is 11.4. The number of sulfonamides is 1. The van der Waals surface area contributed by atoms with Crippen LogP contribution in [-0.4, -0.2) is 49.2 Å². The molecule has 0 aromatic heterocycles. The van der Waals surface area contributed by atoms with Gasteiger partial charge in [-0.3, -0.25) is 4.79 Å². The molecule has 1 amide bonds. The molecule has 1 heterocycles. The van der Waals surface area contributed by atoms with Crippen molar-refractivity contribution in [2.24, 2.45) is 0 Å². The fraction of sp³-hybridized carbons (Fsp3) is 0.875. The Labute approximate surface area is 97.0 Å². The maximum absolute atomic E-state index is 11.8. The fourth-order valence-electron chi connectivity index (χ4n) is 1.39. The molecule has 1 saturated heterocycles. The van der Waals surface area contributed by atoms with E-state index in [-0.39, 0.29) is 13.1 Å². The van der Waals surface area contributed by atoms with Crippen molar-refractivity contribution in [3.63, 3.8) is 0 Å². The van der Waals surface area contributed by atoms with Gasteiger partial charge in [0.15, 0.2) is 4.75 Å². The highest BCUT2D eigenvalue weighted by Gasteiger charge is 2.59. The molecule has 0 unspecified atom stereocenters. The third-order valence-corrected chi connectivity index (χ3v) is 4.89. The van der Waals surface area contributed by atoms with E-state index in [1.165, 1.54) is 13.8 Å². The van der Waals surface area contributed by atoms with Crippen molar-refractivity contribution in [1.29, 1.82) is 0 Å². The molecule has 0 bridgehead atoms. The average molecular weight is 274 g/mol. The highest BCUT2D eigenvalue weighted by atomic mass is 32.2. The van der Waals surface area contributed by atoms with Crippen molar-refractivity contribution in [3.05, 3.63) is 0 Å². The van der Waals surface area contributed by atoms with Gasteiger partial charge in [0.1, 0.15) is 0 Å². The number of carbonyl (C=O) groups excluding carboxylic acids is 1. The molecule has 1 N–H and O–H groups in total. The van der Waals surface area contributed by atoms with Gasteiger partial charge in [-0.05, 0) is 13.8 Å². The lowest BCUT2D eigenvalue weighted by molar-refractivity contribution is -0.132. The molecule has 1 aliphatic rings. The zero-order valence-electron chi connectivity index (χ0n) is 9.34. The molecule has 100 valence electrons. The minimum Gasteiger partial charge on any atom is -0.307 e. The number of rotatable bonds is 4. The average Bonchev–Trinajstić information content (AvgIpc) is 2.14. The molecule has 0 aromatic carbocycles. The van der Waals surface area contributed by atoms with Gasteiger partial charge in [-0.15, -0.1) is 0 Å². The zero-order valence-corrected chi connectivity index (χ0v) is 10.2. The van der Waals surface area contributed by atoms with Gasteiger partial charge in [-0.2, -0.15) is 13.2 Å². The van der Waals surface area contributed by atoms with Crippen LogP contribution in [0.25, 0.3) is 0 Å². The van der Waals surface area contributed by atoms with Crippen molar-refractivity contribution in [2.45, 2.75) is 24.8 Å². The lowest BCUT2D eigenvalue weighted by Gasteiger charge is -2.43. The molecular formula is C8H13F3N2O3S. The van der Waals surface area contributed by atoms with Gasteiger partial charge in [0, 0.05) is 13.1 Å². The molecule has 0 radical (unpaired) electrons. The fourth-order valence-corrected chi connectivity index (χ4v) is 2.92. The van der Waals surface area contributed by atoms with Crippen LogP contribution >= 0.6 is 0 Å². The molecule has 0 atom stereocenters. The van der Waals surface area contributed by atoms with E-state index < -0.39 is 33.4 Å². The van der Waals surface area contributed by atoms with Gasteiger partial charge in [-0.25, -0.2) is 12.7 Å². The van der Waals surface area contributed by atoms with Crippen LogP contribution in [0.1, 0.15) is 13.8 Å². The molecule has 1 rings (SSSR count). The highest BCUT2D eigenvalue weighted by molar-refractivity contribution is 7.94. The summed E-state index contributed by atoms with van der Waals surface area (Å²) in [6.07, 6.45) is -4.35. The molecule has 0 aliphatic carbocycles. The van der Waals surface area contributed by atoms with Crippen LogP contribution in [-0.2, 0) is 14.8 Å². The first kappa shape index (κ1) is 14.2. The number of carbonyl (C=O) groups is 1. The van der Waals surface area contributed by atoms with E-state index in [1.807, 2.05) is 5.32 Å². The van der Waals surface area contributed by atoms with E-state index >= 15 is 0 Å². The molecule has 1 fully saturated rings. The van der Waals surface area contributed by atoms with Gasteiger partial charge in [-0.1, -0.05) is 0 Å². The quantitative estimate of drug-likeness (QED) is 0.738. The molecular weight excluding hydrogens is 261 g/mol. The third-order valence-electron chi connectivity index (χ3n) is 2.49. The summed E-state index contributed by atoms with van der Waals surface area (Å²) in [5.41, 5.74) is 0. The normalized spacial score (nSPS) is 22.4. The topological polar surface area (TPSA) is 66.5 Å². The van der Waals surface area contributed by atoms with E-state index in [4.69, 9.17) is 0 Å². The minimum absolute atomic E-state index is 0.222. The van der Waals surface area contributed by atoms with Crippen LogP contribution < -0.4 is 5.32 Å². The van der Waals surface area contributed by atoms with E-state index in [1.54, 1.807) is 0 Å². The van der Waals surface area contributed by atoms with Crippen LogP contribution in [0.15, 0.2) is 0 Å². The lowest BCUT2D eigenvalue weighted by Crippen LogP contribution is -2.68. The maximum Gasteiger partial charge on any atom is 0.401 e. The van der Waals surface area contributed by atoms with Crippen LogP contribution in [0.2, 0.25) is 0 Å². The Hall–Kier alpha value is -0.830. The summed E-state index contributed by atoms with van der Waals surface area (Å²) < 4.78 is 57.5. The summed E-state index contributed by atoms with van der Waals surface area (Å²) in [6.45, 7) is 0.828. The van der Waals surface area contributed by atoms with E-state index in [9.17, 15) is 26.4 Å². The van der Waals surface area contributed by atoms with Crippen molar-refractivity contribution >= 4 is 15.9 Å². The Kier molecular flexibility index (Phi) is 3.45. The molecule has 1 aliphatic heterocycles. The van der Waals surface area contributed by atoms with Crippen LogP contribution in [0.3, 0.4) is 0 Å². The third kappa shape index (κ3) is 2.54. The Balaban J connectivity index is 2.44. The summed E-state index contributed by atoms with van der Waals surface area (Å²) in [5, 5.41) is 2.03. The van der Waals surface area contributed by atoms with Crippen molar-refractivity contribution in [3.8, 4) is 0 Å². The molecule has 5 nitrogen and oxygen atoms in total. The van der Waals surface area contributed by atoms with E-state index in [2.05, 4.69) is 0 Å². The summed E-state index contributed by atoms with van der Waals surface area (Å²) in [6, 6.07) is 0. The molecule has 9 heteroatoms. The number of nitrogens with one attached hydrogen (secondary N) is 1. The predicted molar refractivity (Wildman–Crippen MR) is 53.6 cm³/mol. The summed E-state index contributed by atoms with van der Waals surface area (Å²) in [7, 11) is -3.70. The van der Waals surface area contributed by atoms with Crippen LogP contribution in [0.4, 0.5) is 13.2 Å². The van der Waals surface area contributed by atoms with Gasteiger partial charge < -0.3 is 5.32 Å². The number of amides is 1. The van der Waals surface area contributed by atoms with Gasteiger partial charge in [0.05, 0.1) is 6.54 Å². The van der Waals surface area contributed by atoms with Crippen molar-refractivity contribution in [1.82, 2.24) is 9.62 Å². The Bertz CT molecular complexity index is 416. The smallest absolute Gasteiger partial charge is 0.307 e. The van der Waals surface area contributed by atoms with E-state index in [0.29, 0.717) is 4.31 Å². The molecule has 0 spiro atoms. The van der Waals surface area contributed by atoms with Gasteiger partial charge in [0.2, 0.25) is 0 Å². The van der Waals surface area contributed by atoms with Gasteiger partial charge >= 0.3 is 6.18 Å². The first-order valence-corrected chi connectivity index (χ1v) is 6.28. The molecule has 17 heavy (non-hydrogen) atoms. The Morgan fingerprint density at radius 2 is 1.88 bits per heavy atom. The second-order valence-corrected chi connectivity index (χ2v) is 6.60. The summed E-state index contributed by atoms with van der Waals surface area (Å²) >= 11 is 0. The largest absolute Gasteiger partial charge is 0.401 e. The highest BCUT2D eigenvalue weighted by Crippen LogP contribution is 2.34. The summed E-state index contributed by atoms with van der Waals surface area (Å²) in [5.74, 6) is -0.591. The number of hydrogen-bond acceptors (Lipinski definition) is 4. The molecule has 0 saturated carbocycles.